The Bertz CT molecular complexity index is 713. The maximum atomic E-state index is 12.4. The molecule has 0 atom stereocenters. The molecule has 24 heavy (non-hydrogen) atoms. The summed E-state index contributed by atoms with van der Waals surface area (Å²) in [6.07, 6.45) is -10.6. The number of carbonyl (C=O) groups is 2. The maximum Gasteiger partial charge on any atom is 0.403 e. The van der Waals surface area contributed by atoms with Crippen LogP contribution >= 0.6 is 0 Å². The Labute approximate surface area is 131 Å². The van der Waals surface area contributed by atoms with Gasteiger partial charge < -0.3 is 4.74 Å². The first-order chi connectivity index (χ1) is 11.0. The van der Waals surface area contributed by atoms with E-state index in [1.54, 1.807) is 0 Å². The van der Waals surface area contributed by atoms with Crippen molar-refractivity contribution in [2.45, 2.75) is 12.4 Å². The van der Waals surface area contributed by atoms with E-state index in [2.05, 4.69) is 4.74 Å². The average molecular weight is 350 g/mol. The zero-order valence-electron chi connectivity index (χ0n) is 11.6. The van der Waals surface area contributed by atoms with E-state index in [0.29, 0.717) is 6.08 Å². The summed E-state index contributed by atoms with van der Waals surface area (Å²) < 4.78 is 78.7. The molecule has 0 aliphatic heterocycles. The van der Waals surface area contributed by atoms with E-state index >= 15 is 0 Å². The molecule has 0 N–H and O–H groups in total. The second-order valence-corrected chi connectivity index (χ2v) is 4.75. The molecule has 1 aliphatic carbocycles. The van der Waals surface area contributed by atoms with Gasteiger partial charge in [-0.1, -0.05) is 24.3 Å². The highest BCUT2D eigenvalue weighted by atomic mass is 19.4. The lowest BCUT2D eigenvalue weighted by Crippen LogP contribution is -2.34. The van der Waals surface area contributed by atoms with Crippen molar-refractivity contribution in [1.82, 2.24) is 0 Å². The minimum absolute atomic E-state index is 0.0448. The van der Waals surface area contributed by atoms with Crippen LogP contribution in [0.3, 0.4) is 0 Å². The predicted octanol–water partition coefficient (Wildman–Crippen LogP) is 4.22. The third kappa shape index (κ3) is 3.66. The fourth-order valence-corrected chi connectivity index (χ4v) is 1.97. The topological polar surface area (TPSA) is 43.4 Å². The van der Waals surface area contributed by atoms with Crippen LogP contribution in [0.15, 0.2) is 48.4 Å². The van der Waals surface area contributed by atoms with Gasteiger partial charge in [0.05, 0.1) is 6.26 Å². The Hall–Kier alpha value is -2.58. The molecule has 0 spiro atoms. The molecule has 1 aromatic carbocycles. The van der Waals surface area contributed by atoms with E-state index in [0.717, 1.165) is 0 Å². The molecule has 0 aromatic heterocycles. The van der Waals surface area contributed by atoms with Crippen molar-refractivity contribution in [3.8, 4) is 0 Å². The van der Waals surface area contributed by atoms with Crippen molar-refractivity contribution in [3.05, 3.63) is 59.6 Å². The van der Waals surface area contributed by atoms with Crippen molar-refractivity contribution in [2.75, 3.05) is 0 Å². The molecule has 1 aromatic rings. The van der Waals surface area contributed by atoms with Crippen LogP contribution in [-0.2, 0) is 4.74 Å². The minimum Gasteiger partial charge on any atom is -0.461 e. The Morgan fingerprint density at radius 3 is 2.00 bits per heavy atom. The van der Waals surface area contributed by atoms with Crippen LogP contribution in [0, 0.1) is 5.92 Å². The van der Waals surface area contributed by atoms with Crippen LogP contribution in [-0.4, -0.2) is 23.9 Å². The molecular formula is C15H8F6O3. The number of hydrogen-bond acceptors (Lipinski definition) is 3. The number of ether oxygens (including phenoxy) is 1. The van der Waals surface area contributed by atoms with Gasteiger partial charge in [-0.2, -0.15) is 26.3 Å². The lowest BCUT2D eigenvalue weighted by atomic mass is 9.94. The van der Waals surface area contributed by atoms with Gasteiger partial charge in [-0.05, 0) is 6.08 Å². The van der Waals surface area contributed by atoms with Gasteiger partial charge >= 0.3 is 12.4 Å². The molecule has 0 saturated heterocycles. The number of hydrogen-bond donors (Lipinski definition) is 0. The third-order valence-electron chi connectivity index (χ3n) is 3.09. The van der Waals surface area contributed by atoms with Crippen LogP contribution < -0.4 is 0 Å². The summed E-state index contributed by atoms with van der Waals surface area (Å²) in [6, 6.07) is 5.61. The van der Waals surface area contributed by atoms with E-state index in [1.807, 2.05) is 0 Å². The van der Waals surface area contributed by atoms with Crippen LogP contribution in [0.4, 0.5) is 26.3 Å². The van der Waals surface area contributed by atoms with E-state index in [-0.39, 0.29) is 23.5 Å². The number of Topliss-reactive ketones (excluding diaryl/α,β-unsaturated/α-hetero) is 1. The first kappa shape index (κ1) is 17.8. The summed E-state index contributed by atoms with van der Waals surface area (Å²) in [5.74, 6) is -5.85. The predicted molar refractivity (Wildman–Crippen MR) is 69.0 cm³/mol. The number of fused-ring (bicyclic) bond motifs is 1. The van der Waals surface area contributed by atoms with Crippen LogP contribution in [0.1, 0.15) is 20.7 Å². The van der Waals surface area contributed by atoms with Gasteiger partial charge in [0.1, 0.15) is 0 Å². The lowest BCUT2D eigenvalue weighted by Gasteiger charge is -2.19. The molecule has 9 heteroatoms. The largest absolute Gasteiger partial charge is 0.461 e. The number of halogens is 6. The normalized spacial score (nSPS) is 15.7. The molecular weight excluding hydrogens is 342 g/mol. The highest BCUT2D eigenvalue weighted by molar-refractivity contribution is 6.23. The van der Waals surface area contributed by atoms with Gasteiger partial charge in [-0.3, -0.25) is 9.59 Å². The highest BCUT2D eigenvalue weighted by Gasteiger charge is 2.55. The van der Waals surface area contributed by atoms with Crippen LogP contribution in [0.5, 0.6) is 0 Å². The molecule has 2 rings (SSSR count). The molecule has 0 heterocycles. The molecule has 0 fully saturated rings. The summed E-state index contributed by atoms with van der Waals surface area (Å²) in [7, 11) is 0. The van der Waals surface area contributed by atoms with Crippen molar-refractivity contribution >= 4 is 11.6 Å². The van der Waals surface area contributed by atoms with E-state index < -0.39 is 35.6 Å². The summed E-state index contributed by atoms with van der Waals surface area (Å²) in [5, 5.41) is 0. The number of rotatable bonds is 3. The second-order valence-electron chi connectivity index (χ2n) is 4.75. The van der Waals surface area contributed by atoms with Crippen molar-refractivity contribution < 1.29 is 40.7 Å². The van der Waals surface area contributed by atoms with Gasteiger partial charge in [0, 0.05) is 17.2 Å². The Balaban J connectivity index is 2.21. The number of ketones is 2. The zero-order valence-corrected chi connectivity index (χ0v) is 11.6. The highest BCUT2D eigenvalue weighted by Crippen LogP contribution is 2.40. The minimum atomic E-state index is -5.56. The fraction of sp³-hybridized carbons (Fsp3) is 0.200. The molecule has 0 amide bonds. The second kappa shape index (κ2) is 6.14. The number of allylic oxidation sites excluding steroid dienone is 3. The molecule has 0 unspecified atom stereocenters. The Kier molecular flexibility index (Phi) is 4.54. The molecule has 0 radical (unpaired) electrons. The standard InChI is InChI=1S/C15H8F6O3/c16-14(17,18)12(15(19,20)21)5-6-24-11-7-10(22)8-3-1-2-4-9(8)13(11)23/h1-7,12H/b6-5+. The number of benzene rings is 1. The van der Waals surface area contributed by atoms with E-state index in [1.165, 1.54) is 24.3 Å². The van der Waals surface area contributed by atoms with Gasteiger partial charge in [-0.15, -0.1) is 0 Å². The smallest absolute Gasteiger partial charge is 0.403 e. The van der Waals surface area contributed by atoms with Crippen LogP contribution in [0.2, 0.25) is 0 Å². The molecule has 0 saturated carbocycles. The molecule has 1 aliphatic rings. The average Bonchev–Trinajstić information content (AvgIpc) is 2.46. The first-order valence-corrected chi connectivity index (χ1v) is 6.38. The van der Waals surface area contributed by atoms with Gasteiger partial charge in [0.25, 0.3) is 0 Å². The Morgan fingerprint density at radius 1 is 0.917 bits per heavy atom. The third-order valence-corrected chi connectivity index (χ3v) is 3.09. The molecule has 0 bridgehead atoms. The SMILES string of the molecule is O=C1C=C(O/C=C/C(C(F)(F)F)C(F)(F)F)C(=O)c2ccccc21. The number of carbonyl (C=O) groups excluding carboxylic acids is 2. The monoisotopic (exact) mass is 350 g/mol. The quantitative estimate of drug-likeness (QED) is 0.606. The van der Waals surface area contributed by atoms with Crippen LogP contribution in [0.25, 0.3) is 0 Å². The Morgan fingerprint density at radius 2 is 1.46 bits per heavy atom. The summed E-state index contributed by atoms with van der Waals surface area (Å²) >= 11 is 0. The van der Waals surface area contributed by atoms with Crippen molar-refractivity contribution in [1.29, 1.82) is 0 Å². The fourth-order valence-electron chi connectivity index (χ4n) is 1.97. The van der Waals surface area contributed by atoms with E-state index in [4.69, 9.17) is 0 Å². The van der Waals surface area contributed by atoms with Gasteiger partial charge in [-0.25, -0.2) is 0 Å². The van der Waals surface area contributed by atoms with Crippen molar-refractivity contribution in [3.63, 3.8) is 0 Å². The zero-order chi connectivity index (χ0) is 18.1. The summed E-state index contributed by atoms with van der Waals surface area (Å²) in [5.41, 5.74) is 0.0267. The number of alkyl halides is 6. The van der Waals surface area contributed by atoms with E-state index in [9.17, 15) is 35.9 Å². The maximum absolute atomic E-state index is 12.4. The summed E-state index contributed by atoms with van der Waals surface area (Å²) in [4.78, 5) is 23.8. The first-order valence-electron chi connectivity index (χ1n) is 6.38. The lowest BCUT2D eigenvalue weighted by molar-refractivity contribution is -0.268. The molecule has 128 valence electrons. The molecule has 3 nitrogen and oxygen atoms in total. The van der Waals surface area contributed by atoms with Gasteiger partial charge in [0.2, 0.25) is 5.78 Å². The van der Waals surface area contributed by atoms with Gasteiger partial charge in [0.15, 0.2) is 17.5 Å². The summed E-state index contributed by atoms with van der Waals surface area (Å²) in [6.45, 7) is 0. The van der Waals surface area contributed by atoms with Crippen molar-refractivity contribution in [2.24, 2.45) is 5.92 Å².